The van der Waals surface area contributed by atoms with E-state index in [-0.39, 0.29) is 17.8 Å². The lowest BCUT2D eigenvalue weighted by atomic mass is 10.1. The normalized spacial score (nSPS) is 10.4. The van der Waals surface area contributed by atoms with Gasteiger partial charge < -0.3 is 10.6 Å². The summed E-state index contributed by atoms with van der Waals surface area (Å²) < 4.78 is 27.2. The summed E-state index contributed by atoms with van der Waals surface area (Å²) in [7, 11) is 0. The number of hydrogen-bond donors (Lipinski definition) is 1. The molecule has 1 aromatic heterocycles. The van der Waals surface area contributed by atoms with Crippen molar-refractivity contribution in [2.75, 3.05) is 12.3 Å². The predicted molar refractivity (Wildman–Crippen MR) is 75.4 cm³/mol. The van der Waals surface area contributed by atoms with Gasteiger partial charge >= 0.3 is 0 Å². The van der Waals surface area contributed by atoms with E-state index in [2.05, 4.69) is 4.98 Å². The molecule has 1 heterocycles. The number of benzene rings is 1. The van der Waals surface area contributed by atoms with Gasteiger partial charge in [-0.25, -0.2) is 8.78 Å². The monoisotopic (exact) mass is 291 g/mol. The molecule has 2 N–H and O–H groups in total. The van der Waals surface area contributed by atoms with Gasteiger partial charge in [0.25, 0.3) is 5.91 Å². The van der Waals surface area contributed by atoms with E-state index in [9.17, 15) is 13.6 Å². The Labute approximate surface area is 121 Å². The average Bonchev–Trinajstić information content (AvgIpc) is 2.49. The van der Waals surface area contributed by atoms with E-state index in [1.165, 1.54) is 4.90 Å². The maximum atomic E-state index is 13.9. The molecule has 2 rings (SSSR count). The third kappa shape index (κ3) is 3.34. The van der Waals surface area contributed by atoms with Crippen LogP contribution in [0.1, 0.15) is 23.0 Å². The second-order valence-corrected chi connectivity index (χ2v) is 4.50. The predicted octanol–water partition coefficient (Wildman–Crippen LogP) is 2.60. The highest BCUT2D eigenvalue weighted by atomic mass is 19.1. The van der Waals surface area contributed by atoms with Gasteiger partial charge in [0, 0.05) is 12.7 Å². The number of halogens is 2. The Morgan fingerprint density at radius 3 is 2.71 bits per heavy atom. The third-order valence-electron chi connectivity index (χ3n) is 3.04. The molecule has 1 amide bonds. The third-order valence-corrected chi connectivity index (χ3v) is 3.04. The maximum absolute atomic E-state index is 13.9. The first kappa shape index (κ1) is 14.9. The summed E-state index contributed by atoms with van der Waals surface area (Å²) in [6.07, 6.45) is 1.61. The minimum absolute atomic E-state index is 0.214. The number of hydrogen-bond acceptors (Lipinski definition) is 3. The van der Waals surface area contributed by atoms with Crippen molar-refractivity contribution in [3.05, 3.63) is 59.4 Å². The molecule has 0 unspecified atom stereocenters. The molecule has 110 valence electrons. The lowest BCUT2D eigenvalue weighted by Crippen LogP contribution is -2.31. The van der Waals surface area contributed by atoms with Crippen LogP contribution in [0.15, 0.2) is 36.5 Å². The number of aromatic nitrogens is 1. The zero-order valence-corrected chi connectivity index (χ0v) is 11.5. The summed E-state index contributed by atoms with van der Waals surface area (Å²) in [5.41, 5.74) is 5.27. The number of pyridine rings is 1. The topological polar surface area (TPSA) is 59.2 Å². The van der Waals surface area contributed by atoms with Crippen LogP contribution in [-0.2, 0) is 6.54 Å². The van der Waals surface area contributed by atoms with Crippen molar-refractivity contribution < 1.29 is 13.6 Å². The molecule has 2 aromatic rings. The zero-order valence-electron chi connectivity index (χ0n) is 11.5. The van der Waals surface area contributed by atoms with E-state index in [4.69, 9.17) is 5.73 Å². The number of amides is 1. The fourth-order valence-electron chi connectivity index (χ4n) is 1.95. The number of carbonyl (C=O) groups excluding carboxylic acids is 1. The molecule has 4 nitrogen and oxygen atoms in total. The SMILES string of the molecule is CCN(Cc1ccccn1)C(=O)c1cc(F)cc(N)c1F. The van der Waals surface area contributed by atoms with Gasteiger partial charge in [-0.3, -0.25) is 9.78 Å². The van der Waals surface area contributed by atoms with Crippen molar-refractivity contribution >= 4 is 11.6 Å². The van der Waals surface area contributed by atoms with E-state index in [1.54, 1.807) is 31.3 Å². The van der Waals surface area contributed by atoms with Crippen LogP contribution in [0.25, 0.3) is 0 Å². The molecule has 1 aromatic carbocycles. The maximum Gasteiger partial charge on any atom is 0.257 e. The molecule has 6 heteroatoms. The highest BCUT2D eigenvalue weighted by Gasteiger charge is 2.21. The summed E-state index contributed by atoms with van der Waals surface area (Å²) in [6.45, 7) is 2.30. The van der Waals surface area contributed by atoms with Crippen molar-refractivity contribution in [2.24, 2.45) is 0 Å². The second-order valence-electron chi connectivity index (χ2n) is 4.50. The van der Waals surface area contributed by atoms with Gasteiger partial charge in [0.2, 0.25) is 0 Å². The van der Waals surface area contributed by atoms with Gasteiger partial charge in [0.1, 0.15) is 5.82 Å². The summed E-state index contributed by atoms with van der Waals surface area (Å²) in [5, 5.41) is 0. The van der Waals surface area contributed by atoms with Crippen molar-refractivity contribution in [1.82, 2.24) is 9.88 Å². The summed E-state index contributed by atoms with van der Waals surface area (Å²) in [5.74, 6) is -2.26. The molecule has 0 radical (unpaired) electrons. The van der Waals surface area contributed by atoms with Crippen LogP contribution < -0.4 is 5.73 Å². The molecule has 21 heavy (non-hydrogen) atoms. The molecule has 0 atom stereocenters. The number of carbonyl (C=O) groups is 1. The van der Waals surface area contributed by atoms with Crippen molar-refractivity contribution in [2.45, 2.75) is 13.5 Å². The van der Waals surface area contributed by atoms with Gasteiger partial charge in [-0.05, 0) is 31.2 Å². The molecule has 0 aliphatic heterocycles. The number of nitrogen functional groups attached to an aromatic ring is 1. The second kappa shape index (κ2) is 6.30. The van der Waals surface area contributed by atoms with Crippen molar-refractivity contribution in [3.63, 3.8) is 0 Å². The summed E-state index contributed by atoms with van der Waals surface area (Å²) >= 11 is 0. The van der Waals surface area contributed by atoms with Crippen LogP contribution >= 0.6 is 0 Å². The molecule has 0 saturated carbocycles. The van der Waals surface area contributed by atoms with E-state index >= 15 is 0 Å². The van der Waals surface area contributed by atoms with Gasteiger partial charge in [0.15, 0.2) is 5.82 Å². The number of rotatable bonds is 4. The lowest BCUT2D eigenvalue weighted by Gasteiger charge is -2.21. The number of nitrogens with zero attached hydrogens (tertiary/aromatic N) is 2. The van der Waals surface area contributed by atoms with Gasteiger partial charge in [-0.2, -0.15) is 0 Å². The van der Waals surface area contributed by atoms with Gasteiger partial charge in [0.05, 0.1) is 23.5 Å². The van der Waals surface area contributed by atoms with Crippen molar-refractivity contribution in [1.29, 1.82) is 0 Å². The van der Waals surface area contributed by atoms with Crippen LogP contribution in [0.4, 0.5) is 14.5 Å². The van der Waals surface area contributed by atoms with Crippen molar-refractivity contribution in [3.8, 4) is 0 Å². The fraction of sp³-hybridized carbons (Fsp3) is 0.200. The highest BCUT2D eigenvalue weighted by molar-refractivity contribution is 5.95. The Morgan fingerprint density at radius 2 is 2.10 bits per heavy atom. The smallest absolute Gasteiger partial charge is 0.257 e. The molecule has 0 spiro atoms. The Balaban J connectivity index is 2.29. The van der Waals surface area contributed by atoms with E-state index in [1.807, 2.05) is 0 Å². The molecular weight excluding hydrogens is 276 g/mol. The van der Waals surface area contributed by atoms with E-state index in [0.717, 1.165) is 12.1 Å². The molecule has 0 aliphatic rings. The van der Waals surface area contributed by atoms with Crippen LogP contribution in [0.5, 0.6) is 0 Å². The minimum atomic E-state index is -0.902. The van der Waals surface area contributed by atoms with Crippen LogP contribution in [0, 0.1) is 11.6 Å². The zero-order chi connectivity index (χ0) is 15.4. The Bertz CT molecular complexity index is 647. The quantitative estimate of drug-likeness (QED) is 0.881. The Kier molecular flexibility index (Phi) is 4.47. The minimum Gasteiger partial charge on any atom is -0.396 e. The Morgan fingerprint density at radius 1 is 1.33 bits per heavy atom. The first-order valence-electron chi connectivity index (χ1n) is 6.46. The first-order chi connectivity index (χ1) is 10.0. The van der Waals surface area contributed by atoms with Crippen LogP contribution in [-0.4, -0.2) is 22.3 Å². The Hall–Kier alpha value is -2.50. The van der Waals surface area contributed by atoms with E-state index < -0.39 is 17.5 Å². The summed E-state index contributed by atoms with van der Waals surface area (Å²) in [4.78, 5) is 17.8. The van der Waals surface area contributed by atoms with Crippen LogP contribution in [0.3, 0.4) is 0 Å². The number of anilines is 1. The van der Waals surface area contributed by atoms with Gasteiger partial charge in [-0.1, -0.05) is 6.07 Å². The largest absolute Gasteiger partial charge is 0.396 e. The number of nitrogens with two attached hydrogens (primary N) is 1. The van der Waals surface area contributed by atoms with Gasteiger partial charge in [-0.15, -0.1) is 0 Å². The molecule has 0 aliphatic carbocycles. The van der Waals surface area contributed by atoms with E-state index in [0.29, 0.717) is 12.2 Å². The molecule has 0 saturated heterocycles. The average molecular weight is 291 g/mol. The molecular formula is C15H15F2N3O. The van der Waals surface area contributed by atoms with Crippen LogP contribution in [0.2, 0.25) is 0 Å². The molecule has 0 bridgehead atoms. The molecule has 0 fully saturated rings. The highest BCUT2D eigenvalue weighted by Crippen LogP contribution is 2.19. The first-order valence-corrected chi connectivity index (χ1v) is 6.46. The summed E-state index contributed by atoms with van der Waals surface area (Å²) in [6, 6.07) is 7.01. The standard InChI is InChI=1S/C15H15F2N3O/c1-2-20(9-11-5-3-4-6-19-11)15(21)12-7-10(16)8-13(18)14(12)17/h3-8H,2,9,18H2,1H3. The lowest BCUT2D eigenvalue weighted by molar-refractivity contribution is 0.0745. The fourth-order valence-corrected chi connectivity index (χ4v) is 1.95.